The van der Waals surface area contributed by atoms with Gasteiger partial charge in [-0.3, -0.25) is 9.89 Å². The average Bonchev–Trinajstić information content (AvgIpc) is 3.30. The number of hydrogen-bond donors (Lipinski definition) is 2. The molecule has 28 heavy (non-hydrogen) atoms. The molecule has 2 aromatic rings. The first-order valence-corrected chi connectivity index (χ1v) is 9.66. The number of nitrogens with zero attached hydrogens (tertiary/aromatic N) is 5. The fourth-order valence-corrected chi connectivity index (χ4v) is 3.22. The second-order valence-electron chi connectivity index (χ2n) is 6.02. The predicted octanol–water partition coefficient (Wildman–Crippen LogP) is 2.26. The van der Waals surface area contributed by atoms with Gasteiger partial charge in [0.1, 0.15) is 5.82 Å². The molecule has 8 nitrogen and oxygen atoms in total. The van der Waals surface area contributed by atoms with E-state index >= 15 is 0 Å². The van der Waals surface area contributed by atoms with Gasteiger partial charge in [0.25, 0.3) is 11.8 Å². The van der Waals surface area contributed by atoms with Gasteiger partial charge < -0.3 is 10.2 Å². The van der Waals surface area contributed by atoms with Crippen molar-refractivity contribution >= 4 is 28.4 Å². The van der Waals surface area contributed by atoms with E-state index in [0.717, 1.165) is 4.91 Å². The van der Waals surface area contributed by atoms with Crippen LogP contribution in [0.15, 0.2) is 31.1 Å². The fraction of sp³-hybridized carbons (Fsp3) is 0.353. The van der Waals surface area contributed by atoms with Crippen LogP contribution in [-0.2, 0) is 6.54 Å². The summed E-state index contributed by atoms with van der Waals surface area (Å²) in [6, 6.07) is 0. The number of thioether (sulfide) groups is 1. The van der Waals surface area contributed by atoms with Gasteiger partial charge in [0.15, 0.2) is 17.3 Å². The second-order valence-corrected chi connectivity index (χ2v) is 6.86. The third-order valence-electron chi connectivity index (χ3n) is 4.02. The lowest BCUT2D eigenvalue weighted by atomic mass is 10.3. The minimum Gasteiger partial charge on any atom is -0.348 e. The number of aromatic amines is 1. The lowest BCUT2D eigenvalue weighted by Crippen LogP contribution is -2.31. The summed E-state index contributed by atoms with van der Waals surface area (Å²) in [4.78, 5) is 27.2. The number of H-pyrrole nitrogens is 1. The summed E-state index contributed by atoms with van der Waals surface area (Å²) in [5.74, 6) is -2.23. The summed E-state index contributed by atoms with van der Waals surface area (Å²) in [5, 5.41) is 9.53. The van der Waals surface area contributed by atoms with E-state index in [-0.39, 0.29) is 31.0 Å². The zero-order chi connectivity index (χ0) is 20.1. The van der Waals surface area contributed by atoms with Crippen molar-refractivity contribution in [2.24, 2.45) is 0 Å². The Morgan fingerprint density at radius 2 is 2.25 bits per heavy atom. The molecule has 1 aliphatic heterocycles. The van der Waals surface area contributed by atoms with Gasteiger partial charge in [-0.15, -0.1) is 11.8 Å². The molecule has 3 rings (SSSR count). The third-order valence-corrected chi connectivity index (χ3v) is 4.78. The lowest BCUT2D eigenvalue weighted by molar-refractivity contribution is 0.0256. The number of aromatic nitrogens is 5. The maximum Gasteiger partial charge on any atom is 0.274 e. The van der Waals surface area contributed by atoms with E-state index < -0.39 is 18.4 Å². The van der Waals surface area contributed by atoms with Crippen LogP contribution in [0.4, 0.5) is 14.6 Å². The average molecular weight is 407 g/mol. The quantitative estimate of drug-likeness (QED) is 0.679. The summed E-state index contributed by atoms with van der Waals surface area (Å²) in [6.07, 6.45) is 7.77. The Bertz CT molecular complexity index is 899. The highest BCUT2D eigenvalue weighted by Crippen LogP contribution is 2.30. The Morgan fingerprint density at radius 1 is 1.46 bits per heavy atom. The van der Waals surface area contributed by atoms with Gasteiger partial charge in [0.05, 0.1) is 18.0 Å². The summed E-state index contributed by atoms with van der Waals surface area (Å²) in [6.45, 7) is 3.36. The van der Waals surface area contributed by atoms with Gasteiger partial charge in [-0.25, -0.2) is 23.7 Å². The number of rotatable bonds is 7. The van der Waals surface area contributed by atoms with E-state index in [1.807, 2.05) is 6.26 Å². The maximum atomic E-state index is 13.5. The summed E-state index contributed by atoms with van der Waals surface area (Å²) in [5.41, 5.74) is -0.00343. The molecule has 11 heteroatoms. The minimum absolute atomic E-state index is 0.00343. The minimum atomic E-state index is -2.80. The maximum absolute atomic E-state index is 13.5. The highest BCUT2D eigenvalue weighted by atomic mass is 32.2. The Kier molecular flexibility index (Phi) is 6.02. The Morgan fingerprint density at radius 3 is 2.93 bits per heavy atom. The van der Waals surface area contributed by atoms with Crippen LogP contribution < -0.4 is 10.2 Å². The zero-order valence-electron chi connectivity index (χ0n) is 15.2. The fourth-order valence-electron chi connectivity index (χ4n) is 2.71. The first kappa shape index (κ1) is 19.9. The largest absolute Gasteiger partial charge is 0.348 e. The van der Waals surface area contributed by atoms with Gasteiger partial charge in [-0.2, -0.15) is 5.10 Å². The SMILES string of the molecule is C=C/C=C(\SC)c1n[nH]c(CNC(=O)c2nccnc2N2CCC(F)(F)C2)n1. The topological polar surface area (TPSA) is 99.7 Å². The summed E-state index contributed by atoms with van der Waals surface area (Å²) < 4.78 is 27.0. The van der Waals surface area contributed by atoms with Crippen molar-refractivity contribution < 1.29 is 13.6 Å². The first-order valence-electron chi connectivity index (χ1n) is 8.44. The van der Waals surface area contributed by atoms with Crippen LogP contribution in [0.3, 0.4) is 0 Å². The smallest absolute Gasteiger partial charge is 0.274 e. The van der Waals surface area contributed by atoms with Crippen LogP contribution >= 0.6 is 11.8 Å². The van der Waals surface area contributed by atoms with Crippen molar-refractivity contribution in [1.82, 2.24) is 30.5 Å². The summed E-state index contributed by atoms with van der Waals surface area (Å²) in [7, 11) is 0. The van der Waals surface area contributed by atoms with Crippen LogP contribution in [-0.4, -0.2) is 56.3 Å². The molecule has 0 atom stereocenters. The van der Waals surface area contributed by atoms with Crippen LogP contribution in [0.2, 0.25) is 0 Å². The number of amides is 1. The van der Waals surface area contributed by atoms with Crippen LogP contribution in [0.1, 0.15) is 28.6 Å². The Balaban J connectivity index is 1.69. The van der Waals surface area contributed by atoms with E-state index in [9.17, 15) is 13.6 Å². The molecule has 0 radical (unpaired) electrons. The van der Waals surface area contributed by atoms with E-state index in [1.54, 1.807) is 12.2 Å². The number of carbonyl (C=O) groups excluding carboxylic acids is 1. The highest BCUT2D eigenvalue weighted by Gasteiger charge is 2.40. The van der Waals surface area contributed by atoms with Gasteiger partial charge in [-0.1, -0.05) is 12.7 Å². The van der Waals surface area contributed by atoms with Crippen molar-refractivity contribution in [3.05, 3.63) is 48.5 Å². The van der Waals surface area contributed by atoms with Gasteiger partial charge in [0.2, 0.25) is 0 Å². The number of anilines is 1. The molecular weight excluding hydrogens is 388 g/mol. The van der Waals surface area contributed by atoms with Crippen molar-refractivity contribution in [1.29, 1.82) is 0 Å². The van der Waals surface area contributed by atoms with E-state index in [4.69, 9.17) is 0 Å². The van der Waals surface area contributed by atoms with Crippen molar-refractivity contribution in [2.45, 2.75) is 18.9 Å². The molecule has 148 valence electrons. The third kappa shape index (κ3) is 4.53. The number of carbonyl (C=O) groups is 1. The molecule has 0 unspecified atom stereocenters. The standard InChI is InChI=1S/C17H19F2N7OS/c1-3-4-11(28-2)14-23-12(24-25-14)9-22-16(27)13-15(21-7-6-20-13)26-8-5-17(18,19)10-26/h3-4,6-7H,1,5,8-10H2,2H3,(H,22,27)(H,23,24,25)/b11-4-. The predicted molar refractivity (Wildman–Crippen MR) is 103 cm³/mol. The molecule has 0 saturated carbocycles. The molecule has 2 N–H and O–H groups in total. The number of allylic oxidation sites excluding steroid dienone is 2. The Hall–Kier alpha value is -2.82. The van der Waals surface area contributed by atoms with E-state index in [2.05, 4.69) is 37.0 Å². The molecule has 1 aliphatic rings. The summed E-state index contributed by atoms with van der Waals surface area (Å²) >= 11 is 1.47. The molecule has 0 aliphatic carbocycles. The van der Waals surface area contributed by atoms with E-state index in [1.165, 1.54) is 29.1 Å². The number of nitrogens with one attached hydrogen (secondary N) is 2. The van der Waals surface area contributed by atoms with Crippen molar-refractivity contribution in [2.75, 3.05) is 24.2 Å². The Labute approximate surface area is 164 Å². The van der Waals surface area contributed by atoms with Gasteiger partial charge in [0, 0.05) is 25.4 Å². The molecule has 0 bridgehead atoms. The van der Waals surface area contributed by atoms with Gasteiger partial charge in [-0.05, 0) is 12.3 Å². The molecule has 2 aromatic heterocycles. The van der Waals surface area contributed by atoms with Crippen LogP contribution in [0, 0.1) is 0 Å². The molecule has 1 fully saturated rings. The highest BCUT2D eigenvalue weighted by molar-refractivity contribution is 8.07. The number of alkyl halides is 2. The molecule has 1 saturated heterocycles. The number of halogens is 2. The second kappa shape index (κ2) is 8.46. The molecule has 0 aromatic carbocycles. The monoisotopic (exact) mass is 407 g/mol. The molecule has 1 amide bonds. The van der Waals surface area contributed by atoms with Crippen molar-refractivity contribution in [3.8, 4) is 0 Å². The van der Waals surface area contributed by atoms with Crippen molar-refractivity contribution in [3.63, 3.8) is 0 Å². The molecule has 3 heterocycles. The lowest BCUT2D eigenvalue weighted by Gasteiger charge is -2.18. The first-order chi connectivity index (χ1) is 13.4. The molecule has 0 spiro atoms. The van der Waals surface area contributed by atoms with Crippen LogP contribution in [0.5, 0.6) is 0 Å². The number of hydrogen-bond acceptors (Lipinski definition) is 7. The zero-order valence-corrected chi connectivity index (χ0v) is 16.0. The molecular formula is C17H19F2N7OS. The van der Waals surface area contributed by atoms with Crippen LogP contribution in [0.25, 0.3) is 4.91 Å². The van der Waals surface area contributed by atoms with Gasteiger partial charge >= 0.3 is 0 Å². The normalized spacial score (nSPS) is 16.2. The van der Waals surface area contributed by atoms with E-state index in [0.29, 0.717) is 11.6 Å².